The van der Waals surface area contributed by atoms with E-state index < -0.39 is 22.0 Å². The van der Waals surface area contributed by atoms with Crippen molar-refractivity contribution < 1.29 is 69.5 Å². The molecule has 1 unspecified atom stereocenters. The normalized spacial score (nSPS) is 13.0. The molecule has 1 N–H and O–H groups in total. The van der Waals surface area contributed by atoms with Gasteiger partial charge in [0.2, 0.25) is 0 Å². The summed E-state index contributed by atoms with van der Waals surface area (Å²) in [6.45, 7) is 1.64. The third-order valence-electron chi connectivity index (χ3n) is 3.24. The predicted octanol–water partition coefficient (Wildman–Crippen LogP) is -0.183. The van der Waals surface area contributed by atoms with Gasteiger partial charge < -0.3 is 9.66 Å². The van der Waals surface area contributed by atoms with Crippen LogP contribution in [0.2, 0.25) is 0 Å². The molecule has 0 aromatic heterocycles. The van der Waals surface area contributed by atoms with Crippen LogP contribution >= 0.6 is 0 Å². The molecule has 110 valence electrons. The first-order valence-corrected chi connectivity index (χ1v) is 8.55. The van der Waals surface area contributed by atoms with Gasteiger partial charge in [0, 0.05) is 0 Å². The Morgan fingerprint density at radius 3 is 1.74 bits per heavy atom. The molecular weight excluding hydrogens is 291 g/mol. The standard InChI is InChI=1S/C13H28O4S.K/c1-2-3-4-5-6-7-8-9-10-11-13(12-14)18(15,16)17;/h13-14H,2-12H2,1H3,(H,15,16,17);/q;+1/p-1. The van der Waals surface area contributed by atoms with E-state index in [1.165, 1.54) is 38.5 Å². The largest absolute Gasteiger partial charge is 1.00 e. The minimum atomic E-state index is -4.32. The molecule has 6 heteroatoms. The zero-order valence-corrected chi connectivity index (χ0v) is 16.4. The van der Waals surface area contributed by atoms with Gasteiger partial charge in [-0.15, -0.1) is 0 Å². The maximum absolute atomic E-state index is 10.7. The molecule has 0 amide bonds. The van der Waals surface area contributed by atoms with Gasteiger partial charge in [0.1, 0.15) is 0 Å². The van der Waals surface area contributed by atoms with E-state index in [0.717, 1.165) is 12.8 Å². The van der Waals surface area contributed by atoms with Crippen LogP contribution in [0.1, 0.15) is 71.1 Å². The first kappa shape index (κ1) is 22.8. The second kappa shape index (κ2) is 14.4. The van der Waals surface area contributed by atoms with E-state index in [2.05, 4.69) is 6.92 Å². The Hall–Kier alpha value is 1.51. The van der Waals surface area contributed by atoms with Gasteiger partial charge in [-0.2, -0.15) is 0 Å². The van der Waals surface area contributed by atoms with Gasteiger partial charge in [-0.1, -0.05) is 64.7 Å². The molecule has 0 spiro atoms. The quantitative estimate of drug-likeness (QED) is 0.308. The zero-order valence-electron chi connectivity index (χ0n) is 12.4. The molecule has 0 aromatic rings. The van der Waals surface area contributed by atoms with Crippen molar-refractivity contribution in [1.29, 1.82) is 0 Å². The van der Waals surface area contributed by atoms with Crippen molar-refractivity contribution in [1.82, 2.24) is 0 Å². The number of rotatable bonds is 12. The van der Waals surface area contributed by atoms with E-state index in [9.17, 15) is 13.0 Å². The van der Waals surface area contributed by atoms with E-state index in [4.69, 9.17) is 5.11 Å². The molecule has 0 aliphatic heterocycles. The van der Waals surface area contributed by atoms with Crippen molar-refractivity contribution in [3.05, 3.63) is 0 Å². The SMILES string of the molecule is CCCCCCCCCCCC(CO)S(=O)(=O)[O-].[K+]. The molecular formula is C13H27KO4S. The first-order chi connectivity index (χ1) is 8.52. The van der Waals surface area contributed by atoms with E-state index in [0.29, 0.717) is 6.42 Å². The van der Waals surface area contributed by atoms with Crippen molar-refractivity contribution in [2.75, 3.05) is 6.61 Å². The van der Waals surface area contributed by atoms with E-state index in [1.807, 2.05) is 0 Å². The monoisotopic (exact) mass is 318 g/mol. The topological polar surface area (TPSA) is 77.4 Å². The summed E-state index contributed by atoms with van der Waals surface area (Å²) in [5.74, 6) is 0. The van der Waals surface area contributed by atoms with Crippen LogP contribution in [0.25, 0.3) is 0 Å². The van der Waals surface area contributed by atoms with Crippen molar-refractivity contribution in [2.45, 2.75) is 76.4 Å². The Kier molecular flexibility index (Phi) is 17.3. The fourth-order valence-corrected chi connectivity index (χ4v) is 2.65. The van der Waals surface area contributed by atoms with Gasteiger partial charge in [0.15, 0.2) is 0 Å². The summed E-state index contributed by atoms with van der Waals surface area (Å²) < 4.78 is 32.1. The van der Waals surface area contributed by atoms with Crippen molar-refractivity contribution >= 4 is 10.1 Å². The van der Waals surface area contributed by atoms with Gasteiger partial charge in [0.25, 0.3) is 0 Å². The van der Waals surface area contributed by atoms with Gasteiger partial charge in [-0.05, 0) is 6.42 Å². The van der Waals surface area contributed by atoms with E-state index >= 15 is 0 Å². The molecule has 0 heterocycles. The van der Waals surface area contributed by atoms with Gasteiger partial charge in [-0.25, -0.2) is 8.42 Å². The summed E-state index contributed by atoms with van der Waals surface area (Å²) in [5.41, 5.74) is 0. The maximum Gasteiger partial charge on any atom is 1.00 e. The van der Waals surface area contributed by atoms with Crippen LogP contribution in [0.3, 0.4) is 0 Å². The van der Waals surface area contributed by atoms with E-state index in [-0.39, 0.29) is 57.8 Å². The molecule has 0 saturated carbocycles. The van der Waals surface area contributed by atoms with Crippen molar-refractivity contribution in [2.24, 2.45) is 0 Å². The number of aliphatic hydroxyl groups excluding tert-OH is 1. The average molecular weight is 319 g/mol. The molecule has 0 aliphatic carbocycles. The minimum absolute atomic E-state index is 0. The zero-order chi connectivity index (χ0) is 13.9. The molecule has 4 nitrogen and oxygen atoms in total. The number of hydrogen-bond acceptors (Lipinski definition) is 4. The molecule has 0 aliphatic rings. The van der Waals surface area contributed by atoms with Gasteiger partial charge >= 0.3 is 51.4 Å². The molecule has 0 aromatic carbocycles. The van der Waals surface area contributed by atoms with Crippen LogP contribution in [0.5, 0.6) is 0 Å². The smallest absolute Gasteiger partial charge is 0.748 e. The summed E-state index contributed by atoms with van der Waals surface area (Å²) >= 11 is 0. The Labute approximate surface area is 160 Å². The molecule has 0 bridgehead atoms. The second-order valence-corrected chi connectivity index (χ2v) is 6.57. The van der Waals surface area contributed by atoms with Crippen LogP contribution < -0.4 is 51.4 Å². The first-order valence-electron chi connectivity index (χ1n) is 7.08. The number of aliphatic hydroxyl groups is 1. The maximum atomic E-state index is 10.7. The summed E-state index contributed by atoms with van der Waals surface area (Å²) in [4.78, 5) is 0. The third-order valence-corrected chi connectivity index (χ3v) is 4.44. The summed E-state index contributed by atoms with van der Waals surface area (Å²) in [6, 6.07) is 0. The summed E-state index contributed by atoms with van der Waals surface area (Å²) in [5, 5.41) is 7.70. The van der Waals surface area contributed by atoms with Crippen molar-refractivity contribution in [3.63, 3.8) is 0 Å². The fourth-order valence-electron chi connectivity index (χ4n) is 2.01. The third kappa shape index (κ3) is 14.2. The number of hydrogen-bond donors (Lipinski definition) is 1. The molecule has 0 rings (SSSR count). The Bertz CT molecular complexity index is 280. The number of unbranched alkanes of at least 4 members (excludes halogenated alkanes) is 8. The van der Waals surface area contributed by atoms with Gasteiger partial charge in [0.05, 0.1) is 22.0 Å². The minimum Gasteiger partial charge on any atom is -0.748 e. The molecule has 0 fully saturated rings. The van der Waals surface area contributed by atoms with Crippen molar-refractivity contribution in [3.8, 4) is 0 Å². The van der Waals surface area contributed by atoms with Crippen LogP contribution in [-0.4, -0.2) is 29.9 Å². The van der Waals surface area contributed by atoms with E-state index in [1.54, 1.807) is 0 Å². The van der Waals surface area contributed by atoms with Crippen LogP contribution in [-0.2, 0) is 10.1 Å². The molecule has 0 saturated heterocycles. The predicted molar refractivity (Wildman–Crippen MR) is 72.4 cm³/mol. The van der Waals surface area contributed by atoms with Gasteiger partial charge in [-0.3, -0.25) is 0 Å². The second-order valence-electron chi connectivity index (χ2n) is 4.91. The Balaban J connectivity index is 0. The average Bonchev–Trinajstić information content (AvgIpc) is 2.30. The summed E-state index contributed by atoms with van der Waals surface area (Å²) in [6.07, 6.45) is 10.6. The van der Waals surface area contributed by atoms with Crippen LogP contribution in [0, 0.1) is 0 Å². The molecule has 19 heavy (non-hydrogen) atoms. The molecule has 1 atom stereocenters. The summed E-state index contributed by atoms with van der Waals surface area (Å²) in [7, 11) is -4.32. The Morgan fingerprint density at radius 1 is 0.947 bits per heavy atom. The fraction of sp³-hybridized carbons (Fsp3) is 1.00. The Morgan fingerprint density at radius 2 is 1.37 bits per heavy atom. The van der Waals surface area contributed by atoms with Crippen LogP contribution in [0.4, 0.5) is 0 Å². The molecule has 0 radical (unpaired) electrons. The van der Waals surface area contributed by atoms with Crippen LogP contribution in [0.15, 0.2) is 0 Å².